The molecule has 0 amide bonds. The van der Waals surface area contributed by atoms with Gasteiger partial charge < -0.3 is 15.3 Å². The van der Waals surface area contributed by atoms with Crippen molar-refractivity contribution >= 4 is 11.3 Å². The Morgan fingerprint density at radius 1 is 1.65 bits per heavy atom. The Balaban J connectivity index is 1.63. The standard InChI is InChI=1S/C13H22N2OS/c1-2-15-6-5-11(10-15)8-14-9-12(16)13-4-3-7-17-13/h3-4,7,11-12,14,16H,2,5-6,8-10H2,1H3. The van der Waals surface area contributed by atoms with Crippen LogP contribution in [0.3, 0.4) is 0 Å². The normalized spacial score (nSPS) is 23.1. The topological polar surface area (TPSA) is 35.5 Å². The highest BCUT2D eigenvalue weighted by Gasteiger charge is 2.20. The van der Waals surface area contributed by atoms with Crippen LogP contribution in [0.25, 0.3) is 0 Å². The van der Waals surface area contributed by atoms with E-state index in [9.17, 15) is 5.11 Å². The van der Waals surface area contributed by atoms with Crippen molar-refractivity contribution in [2.45, 2.75) is 19.4 Å². The Labute approximate surface area is 107 Å². The van der Waals surface area contributed by atoms with Crippen LogP contribution in [0, 0.1) is 5.92 Å². The van der Waals surface area contributed by atoms with E-state index in [2.05, 4.69) is 17.1 Å². The van der Waals surface area contributed by atoms with E-state index in [0.717, 1.165) is 23.9 Å². The molecular formula is C13H22N2OS. The van der Waals surface area contributed by atoms with Gasteiger partial charge in [0, 0.05) is 18.0 Å². The van der Waals surface area contributed by atoms with Gasteiger partial charge in [-0.15, -0.1) is 11.3 Å². The van der Waals surface area contributed by atoms with Gasteiger partial charge in [-0.3, -0.25) is 0 Å². The number of aliphatic hydroxyl groups excluding tert-OH is 1. The van der Waals surface area contributed by atoms with Gasteiger partial charge in [0.1, 0.15) is 6.10 Å². The van der Waals surface area contributed by atoms with Crippen molar-refractivity contribution in [3.05, 3.63) is 22.4 Å². The summed E-state index contributed by atoms with van der Waals surface area (Å²) in [7, 11) is 0. The van der Waals surface area contributed by atoms with Crippen LogP contribution in [-0.2, 0) is 0 Å². The predicted molar refractivity (Wildman–Crippen MR) is 72.4 cm³/mol. The van der Waals surface area contributed by atoms with Crippen molar-refractivity contribution in [1.82, 2.24) is 10.2 Å². The molecule has 17 heavy (non-hydrogen) atoms. The zero-order valence-electron chi connectivity index (χ0n) is 10.4. The van der Waals surface area contributed by atoms with Crippen LogP contribution in [0.4, 0.5) is 0 Å². The summed E-state index contributed by atoms with van der Waals surface area (Å²) in [6, 6.07) is 3.98. The maximum atomic E-state index is 9.92. The van der Waals surface area contributed by atoms with E-state index < -0.39 is 0 Å². The molecule has 1 aromatic heterocycles. The van der Waals surface area contributed by atoms with Gasteiger partial charge in [-0.2, -0.15) is 0 Å². The molecule has 2 unspecified atom stereocenters. The van der Waals surface area contributed by atoms with Crippen LogP contribution in [0.15, 0.2) is 17.5 Å². The highest BCUT2D eigenvalue weighted by Crippen LogP contribution is 2.18. The van der Waals surface area contributed by atoms with Crippen LogP contribution >= 0.6 is 11.3 Å². The minimum atomic E-state index is -0.348. The van der Waals surface area contributed by atoms with Crippen LogP contribution in [0.5, 0.6) is 0 Å². The fourth-order valence-electron chi connectivity index (χ4n) is 2.37. The summed E-state index contributed by atoms with van der Waals surface area (Å²) in [6.07, 6.45) is 0.939. The monoisotopic (exact) mass is 254 g/mol. The summed E-state index contributed by atoms with van der Waals surface area (Å²) in [6.45, 7) is 7.52. The molecule has 1 aromatic rings. The first-order valence-electron chi connectivity index (χ1n) is 6.44. The van der Waals surface area contributed by atoms with E-state index in [0.29, 0.717) is 6.54 Å². The molecule has 0 bridgehead atoms. The second kappa shape index (κ2) is 6.50. The van der Waals surface area contributed by atoms with Crippen molar-refractivity contribution in [2.75, 3.05) is 32.7 Å². The molecule has 2 atom stereocenters. The van der Waals surface area contributed by atoms with E-state index in [4.69, 9.17) is 0 Å². The lowest BCUT2D eigenvalue weighted by Crippen LogP contribution is -2.29. The Morgan fingerprint density at radius 3 is 3.18 bits per heavy atom. The zero-order valence-corrected chi connectivity index (χ0v) is 11.2. The van der Waals surface area contributed by atoms with Gasteiger partial charge in [0.25, 0.3) is 0 Å². The molecule has 1 fully saturated rings. The van der Waals surface area contributed by atoms with Gasteiger partial charge in [0.2, 0.25) is 0 Å². The molecule has 0 saturated carbocycles. The summed E-state index contributed by atoms with van der Waals surface area (Å²) in [5.74, 6) is 0.755. The third-order valence-corrected chi connectivity index (χ3v) is 4.43. The number of hydrogen-bond acceptors (Lipinski definition) is 4. The van der Waals surface area contributed by atoms with Gasteiger partial charge >= 0.3 is 0 Å². The fraction of sp³-hybridized carbons (Fsp3) is 0.692. The average Bonchev–Trinajstić information content (AvgIpc) is 3.00. The molecule has 0 radical (unpaired) electrons. The lowest BCUT2D eigenvalue weighted by Gasteiger charge is -2.15. The van der Waals surface area contributed by atoms with E-state index in [1.165, 1.54) is 19.5 Å². The molecule has 1 aliphatic heterocycles. The quantitative estimate of drug-likeness (QED) is 0.811. The Hall–Kier alpha value is -0.420. The van der Waals surface area contributed by atoms with Gasteiger partial charge in [0.15, 0.2) is 0 Å². The molecule has 4 heteroatoms. The van der Waals surface area contributed by atoms with Crippen molar-refractivity contribution in [1.29, 1.82) is 0 Å². The van der Waals surface area contributed by atoms with E-state index in [1.807, 2.05) is 17.5 Å². The van der Waals surface area contributed by atoms with Crippen molar-refractivity contribution in [2.24, 2.45) is 5.92 Å². The number of hydrogen-bond donors (Lipinski definition) is 2. The molecule has 1 saturated heterocycles. The smallest absolute Gasteiger partial charge is 0.101 e. The third-order valence-electron chi connectivity index (χ3n) is 3.46. The number of aliphatic hydroxyl groups is 1. The lowest BCUT2D eigenvalue weighted by atomic mass is 10.1. The van der Waals surface area contributed by atoms with Crippen LogP contribution in [0.1, 0.15) is 24.3 Å². The molecule has 3 nitrogen and oxygen atoms in total. The molecule has 1 aliphatic rings. The van der Waals surface area contributed by atoms with Crippen molar-refractivity contribution in [3.63, 3.8) is 0 Å². The number of nitrogens with zero attached hydrogens (tertiary/aromatic N) is 1. The molecule has 2 N–H and O–H groups in total. The van der Waals surface area contributed by atoms with Crippen LogP contribution in [-0.4, -0.2) is 42.7 Å². The van der Waals surface area contributed by atoms with Gasteiger partial charge in [-0.05, 0) is 43.4 Å². The SMILES string of the molecule is CCN1CCC(CNCC(O)c2cccs2)C1. The second-order valence-electron chi connectivity index (χ2n) is 4.74. The lowest BCUT2D eigenvalue weighted by molar-refractivity contribution is 0.176. The summed E-state index contributed by atoms with van der Waals surface area (Å²) >= 11 is 1.62. The van der Waals surface area contributed by atoms with E-state index in [-0.39, 0.29) is 6.10 Å². The minimum absolute atomic E-state index is 0.348. The summed E-state index contributed by atoms with van der Waals surface area (Å²) in [5.41, 5.74) is 0. The molecule has 0 spiro atoms. The maximum Gasteiger partial charge on any atom is 0.101 e. The number of rotatable bonds is 6. The van der Waals surface area contributed by atoms with Crippen molar-refractivity contribution in [3.8, 4) is 0 Å². The number of thiophene rings is 1. The summed E-state index contributed by atoms with van der Waals surface area (Å²) in [5, 5.41) is 15.3. The Morgan fingerprint density at radius 2 is 2.53 bits per heavy atom. The fourth-order valence-corrected chi connectivity index (χ4v) is 3.08. The number of nitrogens with one attached hydrogen (secondary N) is 1. The zero-order chi connectivity index (χ0) is 12.1. The highest BCUT2D eigenvalue weighted by molar-refractivity contribution is 7.10. The van der Waals surface area contributed by atoms with Crippen LogP contribution < -0.4 is 5.32 Å². The summed E-state index contributed by atoms with van der Waals surface area (Å²) in [4.78, 5) is 3.54. The highest BCUT2D eigenvalue weighted by atomic mass is 32.1. The van der Waals surface area contributed by atoms with E-state index in [1.54, 1.807) is 11.3 Å². The second-order valence-corrected chi connectivity index (χ2v) is 5.72. The van der Waals surface area contributed by atoms with Gasteiger partial charge in [-0.1, -0.05) is 13.0 Å². The Bertz CT molecular complexity index is 315. The first-order valence-corrected chi connectivity index (χ1v) is 7.32. The third kappa shape index (κ3) is 3.78. The molecule has 96 valence electrons. The largest absolute Gasteiger partial charge is 0.386 e. The number of likely N-dealkylation sites (tertiary alicyclic amines) is 1. The average molecular weight is 254 g/mol. The predicted octanol–water partition coefficient (Wildman–Crippen LogP) is 1.71. The molecular weight excluding hydrogens is 232 g/mol. The Kier molecular flexibility index (Phi) is 4.98. The molecule has 2 heterocycles. The molecule has 2 rings (SSSR count). The van der Waals surface area contributed by atoms with Gasteiger partial charge in [0.05, 0.1) is 0 Å². The minimum Gasteiger partial charge on any atom is -0.386 e. The van der Waals surface area contributed by atoms with Crippen molar-refractivity contribution < 1.29 is 5.11 Å². The van der Waals surface area contributed by atoms with E-state index >= 15 is 0 Å². The molecule has 0 aromatic carbocycles. The first-order chi connectivity index (χ1) is 8.29. The van der Waals surface area contributed by atoms with Gasteiger partial charge in [-0.25, -0.2) is 0 Å². The molecule has 0 aliphatic carbocycles. The maximum absolute atomic E-state index is 9.92. The van der Waals surface area contributed by atoms with Crippen LogP contribution in [0.2, 0.25) is 0 Å². The first kappa shape index (κ1) is 13.0. The summed E-state index contributed by atoms with van der Waals surface area (Å²) < 4.78 is 0.